The van der Waals surface area contributed by atoms with E-state index in [-0.39, 0.29) is 16.9 Å². The summed E-state index contributed by atoms with van der Waals surface area (Å²) in [6.45, 7) is 1.91. The van der Waals surface area contributed by atoms with Gasteiger partial charge in [0.15, 0.2) is 5.65 Å². The molecule has 3 aromatic rings. The van der Waals surface area contributed by atoms with E-state index in [9.17, 15) is 8.78 Å². The number of alkyl halides is 2. The molecule has 0 aliphatic heterocycles. The standard InChI is InChI=1S/C12H11F2N5/c1-6-3-2-4-7(5-6)19-12-8(11(15)16-17-12)9(18-19)10(13)14/h2-5,10H,1H3,(H3,15,16,17). The minimum atomic E-state index is -2.70. The molecule has 0 radical (unpaired) electrons. The molecule has 0 saturated carbocycles. The number of nitrogens with one attached hydrogen (secondary N) is 1. The number of halogens is 2. The van der Waals surface area contributed by atoms with Crippen LogP contribution in [0.2, 0.25) is 0 Å². The highest BCUT2D eigenvalue weighted by molar-refractivity contribution is 5.90. The number of hydrogen-bond acceptors (Lipinski definition) is 3. The van der Waals surface area contributed by atoms with Crippen molar-refractivity contribution in [1.29, 1.82) is 0 Å². The zero-order chi connectivity index (χ0) is 13.6. The number of hydrogen-bond donors (Lipinski definition) is 2. The number of nitrogens with two attached hydrogens (primary N) is 1. The molecule has 5 nitrogen and oxygen atoms in total. The maximum atomic E-state index is 13.0. The van der Waals surface area contributed by atoms with E-state index in [0.29, 0.717) is 11.3 Å². The van der Waals surface area contributed by atoms with Crippen LogP contribution in [0.25, 0.3) is 16.7 Å². The van der Waals surface area contributed by atoms with Crippen molar-refractivity contribution < 1.29 is 8.78 Å². The van der Waals surface area contributed by atoms with Crippen LogP contribution in [-0.4, -0.2) is 20.0 Å². The lowest BCUT2D eigenvalue weighted by atomic mass is 10.2. The Morgan fingerprint density at radius 3 is 2.84 bits per heavy atom. The molecule has 3 rings (SSSR count). The second kappa shape index (κ2) is 4.04. The van der Waals surface area contributed by atoms with Crippen LogP contribution in [0.5, 0.6) is 0 Å². The Morgan fingerprint density at radius 1 is 1.37 bits per heavy atom. The number of nitrogen functional groups attached to an aromatic ring is 1. The average molecular weight is 263 g/mol. The van der Waals surface area contributed by atoms with Gasteiger partial charge in [0.25, 0.3) is 6.43 Å². The maximum Gasteiger partial charge on any atom is 0.282 e. The number of aromatic amines is 1. The van der Waals surface area contributed by atoms with Gasteiger partial charge < -0.3 is 5.73 Å². The monoisotopic (exact) mass is 263 g/mol. The number of H-pyrrole nitrogens is 1. The zero-order valence-corrected chi connectivity index (χ0v) is 10.1. The Balaban J connectivity index is 2.30. The fourth-order valence-electron chi connectivity index (χ4n) is 2.05. The summed E-state index contributed by atoms with van der Waals surface area (Å²) >= 11 is 0. The molecule has 0 bridgehead atoms. The number of anilines is 1. The topological polar surface area (TPSA) is 72.5 Å². The van der Waals surface area contributed by atoms with E-state index >= 15 is 0 Å². The van der Waals surface area contributed by atoms with Crippen molar-refractivity contribution in [1.82, 2.24) is 20.0 Å². The van der Waals surface area contributed by atoms with Gasteiger partial charge in [-0.15, -0.1) is 0 Å². The molecule has 3 N–H and O–H groups in total. The molecule has 19 heavy (non-hydrogen) atoms. The molecule has 0 fully saturated rings. The van der Waals surface area contributed by atoms with Crippen molar-refractivity contribution in [3.63, 3.8) is 0 Å². The molecule has 7 heteroatoms. The van der Waals surface area contributed by atoms with E-state index in [1.54, 1.807) is 6.07 Å². The average Bonchev–Trinajstić information content (AvgIpc) is 2.90. The molecule has 98 valence electrons. The minimum Gasteiger partial charge on any atom is -0.383 e. The second-order valence-corrected chi connectivity index (χ2v) is 4.27. The Kier molecular flexibility index (Phi) is 2.48. The lowest BCUT2D eigenvalue weighted by Gasteiger charge is -2.02. The summed E-state index contributed by atoms with van der Waals surface area (Å²) in [5, 5.41) is 10.6. The second-order valence-electron chi connectivity index (χ2n) is 4.27. The van der Waals surface area contributed by atoms with Crippen molar-refractivity contribution in [2.45, 2.75) is 13.3 Å². The summed E-state index contributed by atoms with van der Waals surface area (Å²) in [5.74, 6) is 0.101. The summed E-state index contributed by atoms with van der Waals surface area (Å²) in [5.41, 5.74) is 7.25. The molecule has 0 atom stereocenters. The van der Waals surface area contributed by atoms with E-state index in [0.717, 1.165) is 5.56 Å². The van der Waals surface area contributed by atoms with Crippen LogP contribution in [-0.2, 0) is 0 Å². The fourth-order valence-corrected chi connectivity index (χ4v) is 2.05. The first-order valence-electron chi connectivity index (χ1n) is 5.65. The first-order chi connectivity index (χ1) is 9.08. The van der Waals surface area contributed by atoms with Crippen LogP contribution in [0.4, 0.5) is 14.6 Å². The third kappa shape index (κ3) is 1.74. The van der Waals surface area contributed by atoms with Crippen LogP contribution >= 0.6 is 0 Å². The predicted octanol–water partition coefficient (Wildman–Crippen LogP) is 2.58. The summed E-state index contributed by atoms with van der Waals surface area (Å²) in [7, 11) is 0. The molecule has 0 unspecified atom stereocenters. The zero-order valence-electron chi connectivity index (χ0n) is 10.1. The van der Waals surface area contributed by atoms with Crippen molar-refractivity contribution >= 4 is 16.9 Å². The van der Waals surface area contributed by atoms with E-state index < -0.39 is 6.43 Å². The summed E-state index contributed by atoms with van der Waals surface area (Å²) in [6, 6.07) is 7.36. The van der Waals surface area contributed by atoms with Gasteiger partial charge in [0, 0.05) is 0 Å². The smallest absolute Gasteiger partial charge is 0.282 e. The molecule has 1 aromatic carbocycles. The van der Waals surface area contributed by atoms with Gasteiger partial charge in [-0.1, -0.05) is 12.1 Å². The summed E-state index contributed by atoms with van der Waals surface area (Å²) < 4.78 is 27.4. The van der Waals surface area contributed by atoms with Gasteiger partial charge in [-0.3, -0.25) is 5.10 Å². The Bertz CT molecular complexity index is 744. The van der Waals surface area contributed by atoms with Crippen molar-refractivity contribution in [2.24, 2.45) is 0 Å². The van der Waals surface area contributed by atoms with Gasteiger partial charge in [-0.05, 0) is 24.6 Å². The number of aryl methyl sites for hydroxylation is 1. The number of aromatic nitrogens is 4. The molecule has 2 aromatic heterocycles. The van der Waals surface area contributed by atoms with Gasteiger partial charge >= 0.3 is 0 Å². The van der Waals surface area contributed by atoms with Crippen LogP contribution in [0, 0.1) is 6.92 Å². The molecule has 0 aliphatic carbocycles. The normalized spacial score (nSPS) is 11.6. The quantitative estimate of drug-likeness (QED) is 0.746. The number of benzene rings is 1. The highest BCUT2D eigenvalue weighted by atomic mass is 19.3. The Morgan fingerprint density at radius 2 is 2.16 bits per heavy atom. The molecule has 0 saturated heterocycles. The SMILES string of the molecule is Cc1cccc(-n2nc(C(F)F)c3c(N)[nH]nc32)c1. The number of rotatable bonds is 2. The fraction of sp³-hybridized carbons (Fsp3) is 0.167. The molecule has 0 aliphatic rings. The third-order valence-electron chi connectivity index (χ3n) is 2.89. The van der Waals surface area contributed by atoms with Gasteiger partial charge in [0.1, 0.15) is 11.5 Å². The van der Waals surface area contributed by atoms with E-state index in [1.807, 2.05) is 25.1 Å². The number of nitrogens with zero attached hydrogens (tertiary/aromatic N) is 3. The first-order valence-corrected chi connectivity index (χ1v) is 5.65. The molecule has 2 heterocycles. The molecule has 0 amide bonds. The first kappa shape index (κ1) is 11.6. The largest absolute Gasteiger partial charge is 0.383 e. The van der Waals surface area contributed by atoms with Crippen LogP contribution in [0.15, 0.2) is 24.3 Å². The van der Waals surface area contributed by atoms with Gasteiger partial charge in [-0.25, -0.2) is 13.5 Å². The van der Waals surface area contributed by atoms with Crippen molar-refractivity contribution in [2.75, 3.05) is 5.73 Å². The summed E-state index contributed by atoms with van der Waals surface area (Å²) in [6.07, 6.45) is -2.70. The molecular weight excluding hydrogens is 252 g/mol. The van der Waals surface area contributed by atoms with Crippen LogP contribution < -0.4 is 5.73 Å². The van der Waals surface area contributed by atoms with Crippen LogP contribution in [0.1, 0.15) is 17.7 Å². The predicted molar refractivity (Wildman–Crippen MR) is 67.3 cm³/mol. The third-order valence-corrected chi connectivity index (χ3v) is 2.89. The van der Waals surface area contributed by atoms with Gasteiger partial charge in [0.05, 0.1) is 11.1 Å². The Labute approximate surface area is 107 Å². The van der Waals surface area contributed by atoms with Crippen molar-refractivity contribution in [3.8, 4) is 5.69 Å². The lowest BCUT2D eigenvalue weighted by Crippen LogP contribution is -1.99. The number of fused-ring (bicyclic) bond motifs is 1. The van der Waals surface area contributed by atoms with Crippen LogP contribution in [0.3, 0.4) is 0 Å². The molecular formula is C12H11F2N5. The highest BCUT2D eigenvalue weighted by Crippen LogP contribution is 2.31. The highest BCUT2D eigenvalue weighted by Gasteiger charge is 2.23. The minimum absolute atomic E-state index is 0.101. The van der Waals surface area contributed by atoms with E-state index in [1.165, 1.54) is 4.68 Å². The molecule has 0 spiro atoms. The van der Waals surface area contributed by atoms with E-state index in [4.69, 9.17) is 5.73 Å². The maximum absolute atomic E-state index is 13.0. The van der Waals surface area contributed by atoms with Gasteiger partial charge in [-0.2, -0.15) is 10.2 Å². The Hall–Kier alpha value is -2.44. The lowest BCUT2D eigenvalue weighted by molar-refractivity contribution is 0.147. The van der Waals surface area contributed by atoms with Crippen molar-refractivity contribution in [3.05, 3.63) is 35.5 Å². The van der Waals surface area contributed by atoms with Gasteiger partial charge in [0.2, 0.25) is 0 Å². The summed E-state index contributed by atoms with van der Waals surface area (Å²) in [4.78, 5) is 0. The van der Waals surface area contributed by atoms with E-state index in [2.05, 4.69) is 15.3 Å².